The van der Waals surface area contributed by atoms with Crippen LogP contribution in [-0.4, -0.2) is 25.5 Å². The third-order valence-corrected chi connectivity index (χ3v) is 0.395. The zero-order valence-corrected chi connectivity index (χ0v) is 9.79. The van der Waals surface area contributed by atoms with Crippen LogP contribution >= 0.6 is 13.6 Å². The first-order valence-electron chi connectivity index (χ1n) is 2.08. The number of hydrogen-bond donors (Lipinski definition) is 0. The zero-order valence-electron chi connectivity index (χ0n) is 5.24. The van der Waals surface area contributed by atoms with Crippen molar-refractivity contribution in [2.45, 2.75) is 0 Å². The molecule has 0 aliphatic carbocycles. The van der Waals surface area contributed by atoms with E-state index in [0.29, 0.717) is 6.54 Å². The maximum absolute atomic E-state index is 6.44. The summed E-state index contributed by atoms with van der Waals surface area (Å²) in [6.07, 6.45) is 6.44. The molecule has 0 aliphatic heterocycles. The molecule has 0 bridgehead atoms. The van der Waals surface area contributed by atoms with Crippen LogP contribution in [0.25, 0.3) is 0 Å². The SMILES string of the molecule is [C-]#CCN(C)C.[Zn+][Br]. The third kappa shape index (κ3) is 16.0. The summed E-state index contributed by atoms with van der Waals surface area (Å²) in [6.45, 7) is 0.625. The Labute approximate surface area is 67.9 Å². The normalized spacial score (nSPS) is 7.12. The molecular weight excluding hydrogens is 219 g/mol. The predicted molar refractivity (Wildman–Crippen MR) is 34.6 cm³/mol. The van der Waals surface area contributed by atoms with Gasteiger partial charge in [-0.2, -0.15) is 0 Å². The molecule has 0 fully saturated rings. The van der Waals surface area contributed by atoms with Crippen molar-refractivity contribution in [3.8, 4) is 5.92 Å². The molecule has 0 heterocycles. The van der Waals surface area contributed by atoms with Crippen LogP contribution in [0.4, 0.5) is 0 Å². The second kappa shape index (κ2) is 10.6. The van der Waals surface area contributed by atoms with E-state index >= 15 is 0 Å². The van der Waals surface area contributed by atoms with Crippen LogP contribution in [0.3, 0.4) is 0 Å². The van der Waals surface area contributed by atoms with Gasteiger partial charge in [-0.3, -0.25) is 0 Å². The maximum atomic E-state index is 6.44. The summed E-state index contributed by atoms with van der Waals surface area (Å²) in [6, 6.07) is 0. The molecule has 0 spiro atoms. The fourth-order valence-electron chi connectivity index (χ4n) is 0.158. The number of hydrogen-bond acceptors (Lipinski definition) is 1. The van der Waals surface area contributed by atoms with E-state index in [1.54, 1.807) is 0 Å². The quantitative estimate of drug-likeness (QED) is 0.367. The van der Waals surface area contributed by atoms with Gasteiger partial charge in [0, 0.05) is 6.54 Å². The minimum absolute atomic E-state index is 0.625. The molecule has 0 aliphatic rings. The molecule has 3 heteroatoms. The van der Waals surface area contributed by atoms with Crippen LogP contribution in [-0.2, 0) is 16.3 Å². The Bertz CT molecular complexity index is 67.3. The molecule has 1 nitrogen and oxygen atoms in total. The summed E-state index contributed by atoms with van der Waals surface area (Å²) in [7, 11) is 3.81. The summed E-state index contributed by atoms with van der Waals surface area (Å²) < 4.78 is 0. The number of nitrogens with zero attached hydrogens (tertiary/aromatic N) is 1. The van der Waals surface area contributed by atoms with Crippen molar-refractivity contribution in [1.29, 1.82) is 0 Å². The van der Waals surface area contributed by atoms with Crippen molar-refractivity contribution in [2.75, 3.05) is 20.6 Å². The summed E-state index contributed by atoms with van der Waals surface area (Å²) in [5.41, 5.74) is 0. The van der Waals surface area contributed by atoms with Gasteiger partial charge in [-0.1, -0.05) is 0 Å². The standard InChI is InChI=1S/C5H8N.BrH.Zn/c1-4-5-6(2)3;;/h5H2,2-3H3;1H;/q-1;;+2/p-1. The molecule has 0 aromatic rings. The van der Waals surface area contributed by atoms with Crippen LogP contribution in [0, 0.1) is 12.3 Å². The van der Waals surface area contributed by atoms with Gasteiger partial charge in [-0.15, -0.1) is 0 Å². The Hall–Kier alpha value is 0.623. The first kappa shape index (κ1) is 11.4. The van der Waals surface area contributed by atoms with Crippen molar-refractivity contribution < 1.29 is 16.3 Å². The molecule has 0 saturated heterocycles. The molecule has 0 N–H and O–H groups in total. The van der Waals surface area contributed by atoms with Crippen molar-refractivity contribution in [2.24, 2.45) is 0 Å². The molecule has 0 amide bonds. The van der Waals surface area contributed by atoms with Gasteiger partial charge in [0.1, 0.15) is 0 Å². The van der Waals surface area contributed by atoms with Gasteiger partial charge in [0.05, 0.1) is 0 Å². The van der Waals surface area contributed by atoms with E-state index in [4.69, 9.17) is 6.42 Å². The average molecular weight is 227 g/mol. The predicted octanol–water partition coefficient (Wildman–Crippen LogP) is 0.981. The van der Waals surface area contributed by atoms with Crippen molar-refractivity contribution in [1.82, 2.24) is 4.90 Å². The Balaban J connectivity index is 0. The molecule has 0 aromatic heterocycles. The molecule has 8 heavy (non-hydrogen) atoms. The summed E-state index contributed by atoms with van der Waals surface area (Å²) in [5.74, 6) is 2.24. The van der Waals surface area contributed by atoms with Gasteiger partial charge in [0.25, 0.3) is 0 Å². The first-order valence-corrected chi connectivity index (χ1v) is 9.03. The van der Waals surface area contributed by atoms with Crippen LogP contribution in [0.5, 0.6) is 0 Å². The van der Waals surface area contributed by atoms with Crippen LogP contribution < -0.4 is 0 Å². The molecule has 0 unspecified atom stereocenters. The van der Waals surface area contributed by atoms with Crippen LogP contribution in [0.2, 0.25) is 0 Å². The van der Waals surface area contributed by atoms with Crippen molar-refractivity contribution >= 4 is 13.6 Å². The van der Waals surface area contributed by atoms with Crippen LogP contribution in [0.15, 0.2) is 0 Å². The fraction of sp³-hybridized carbons (Fsp3) is 0.600. The molecule has 0 saturated carbocycles. The Morgan fingerprint density at radius 1 is 1.62 bits per heavy atom. The van der Waals surface area contributed by atoms with E-state index in [1.165, 1.54) is 16.3 Å². The van der Waals surface area contributed by atoms with Gasteiger partial charge in [-0.25, -0.2) is 0 Å². The van der Waals surface area contributed by atoms with E-state index in [2.05, 4.69) is 19.5 Å². The third-order valence-electron chi connectivity index (χ3n) is 0.395. The average Bonchev–Trinajstić information content (AvgIpc) is 1.72. The van der Waals surface area contributed by atoms with Gasteiger partial charge < -0.3 is 17.2 Å². The first-order chi connectivity index (χ1) is 3.77. The van der Waals surface area contributed by atoms with Crippen molar-refractivity contribution in [3.05, 3.63) is 6.42 Å². The van der Waals surface area contributed by atoms with E-state index in [-0.39, 0.29) is 0 Å². The Kier molecular flexibility index (Phi) is 15.1. The fourth-order valence-corrected chi connectivity index (χ4v) is 0.158. The van der Waals surface area contributed by atoms with Gasteiger partial charge >= 0.3 is 30.0 Å². The molecule has 0 rings (SSSR count). The minimum atomic E-state index is 0.625. The van der Waals surface area contributed by atoms with Gasteiger partial charge in [0.15, 0.2) is 0 Å². The Morgan fingerprint density at radius 3 is 2.00 bits per heavy atom. The number of rotatable bonds is 1. The Morgan fingerprint density at radius 2 is 2.00 bits per heavy atom. The summed E-state index contributed by atoms with van der Waals surface area (Å²) >= 11 is 4.25. The topological polar surface area (TPSA) is 3.24 Å². The van der Waals surface area contributed by atoms with E-state index < -0.39 is 0 Å². The van der Waals surface area contributed by atoms with Gasteiger partial charge in [0.2, 0.25) is 0 Å². The second-order valence-corrected chi connectivity index (χ2v) is 1.41. The van der Waals surface area contributed by atoms with E-state index in [0.717, 1.165) is 0 Å². The molecular formula is C5H8BrNZn. The molecule has 0 atom stereocenters. The van der Waals surface area contributed by atoms with E-state index in [1.807, 2.05) is 19.0 Å². The van der Waals surface area contributed by atoms with E-state index in [9.17, 15) is 0 Å². The zero-order chi connectivity index (χ0) is 6.99. The summed E-state index contributed by atoms with van der Waals surface area (Å²) in [5, 5.41) is 0. The summed E-state index contributed by atoms with van der Waals surface area (Å²) in [4.78, 5) is 1.88. The van der Waals surface area contributed by atoms with Gasteiger partial charge in [-0.05, 0) is 14.1 Å². The van der Waals surface area contributed by atoms with Crippen molar-refractivity contribution in [3.63, 3.8) is 0 Å². The van der Waals surface area contributed by atoms with Crippen LogP contribution in [0.1, 0.15) is 0 Å². The molecule has 0 aromatic carbocycles. The monoisotopic (exact) mass is 225 g/mol. The second-order valence-electron chi connectivity index (χ2n) is 1.41. The molecule has 0 radical (unpaired) electrons. The molecule has 42 valence electrons. The number of halogens is 1.